The molecular formula is C20H29F2N7O2S. The zero-order valence-electron chi connectivity index (χ0n) is 18.4. The SMILES string of the molecule is CNC(=O)CC(=O)N1CCN(c2c(F)cc(N/C=C(\N)CNC(=S)N(C)C)cc2F)CC1. The molecule has 9 nitrogen and oxygen atoms in total. The molecule has 0 bridgehead atoms. The quantitative estimate of drug-likeness (QED) is 0.336. The van der Waals surface area contributed by atoms with E-state index in [9.17, 15) is 18.4 Å². The van der Waals surface area contributed by atoms with E-state index in [1.807, 2.05) is 0 Å². The average Bonchev–Trinajstić information content (AvgIpc) is 2.75. The van der Waals surface area contributed by atoms with Gasteiger partial charge in [0.25, 0.3) is 0 Å². The minimum absolute atomic E-state index is 0.149. The average molecular weight is 470 g/mol. The van der Waals surface area contributed by atoms with Gasteiger partial charge in [0.15, 0.2) is 16.7 Å². The van der Waals surface area contributed by atoms with Crippen LogP contribution in [0, 0.1) is 11.6 Å². The molecule has 0 unspecified atom stereocenters. The van der Waals surface area contributed by atoms with Crippen LogP contribution in [0.25, 0.3) is 0 Å². The molecule has 12 heteroatoms. The summed E-state index contributed by atoms with van der Waals surface area (Å²) in [6, 6.07) is 2.37. The van der Waals surface area contributed by atoms with Crippen molar-refractivity contribution in [2.45, 2.75) is 6.42 Å². The van der Waals surface area contributed by atoms with Crippen LogP contribution in [-0.4, -0.2) is 80.6 Å². The Hall–Kier alpha value is -3.15. The topological polar surface area (TPSA) is 106 Å². The van der Waals surface area contributed by atoms with Crippen LogP contribution in [0.4, 0.5) is 20.2 Å². The van der Waals surface area contributed by atoms with Gasteiger partial charge < -0.3 is 36.4 Å². The Morgan fingerprint density at radius 1 is 1.19 bits per heavy atom. The Morgan fingerprint density at radius 2 is 1.78 bits per heavy atom. The Labute approximate surface area is 191 Å². The van der Waals surface area contributed by atoms with E-state index in [0.29, 0.717) is 10.8 Å². The van der Waals surface area contributed by atoms with Crippen LogP contribution in [0.1, 0.15) is 6.42 Å². The summed E-state index contributed by atoms with van der Waals surface area (Å²) in [5, 5.41) is 8.63. The molecular weight excluding hydrogens is 440 g/mol. The molecule has 176 valence electrons. The molecule has 5 N–H and O–H groups in total. The molecule has 0 aliphatic carbocycles. The number of anilines is 2. The second kappa shape index (κ2) is 11.5. The second-order valence-corrected chi connectivity index (χ2v) is 7.81. The number of benzene rings is 1. The number of carbonyl (C=O) groups is 2. The number of thiocarbonyl (C=S) groups is 1. The van der Waals surface area contributed by atoms with Gasteiger partial charge in [-0.2, -0.15) is 0 Å². The Morgan fingerprint density at radius 3 is 2.31 bits per heavy atom. The first-order valence-corrected chi connectivity index (χ1v) is 10.4. The summed E-state index contributed by atoms with van der Waals surface area (Å²) in [6.07, 6.45) is 1.20. The highest BCUT2D eigenvalue weighted by atomic mass is 32.1. The molecule has 0 spiro atoms. The van der Waals surface area contributed by atoms with E-state index >= 15 is 0 Å². The van der Waals surface area contributed by atoms with Gasteiger partial charge in [-0.1, -0.05) is 0 Å². The van der Waals surface area contributed by atoms with Gasteiger partial charge in [0.05, 0.1) is 6.54 Å². The molecule has 2 amide bonds. The highest BCUT2D eigenvalue weighted by molar-refractivity contribution is 7.80. The van der Waals surface area contributed by atoms with Crippen molar-refractivity contribution in [3.8, 4) is 0 Å². The fourth-order valence-electron chi connectivity index (χ4n) is 3.03. The predicted molar refractivity (Wildman–Crippen MR) is 124 cm³/mol. The molecule has 0 aromatic heterocycles. The molecule has 1 aliphatic rings. The molecule has 32 heavy (non-hydrogen) atoms. The van der Waals surface area contributed by atoms with Crippen LogP contribution in [-0.2, 0) is 9.59 Å². The molecule has 1 aromatic rings. The van der Waals surface area contributed by atoms with Gasteiger partial charge in [0.1, 0.15) is 12.1 Å². The first-order valence-electron chi connectivity index (χ1n) is 10.0. The third-order valence-electron chi connectivity index (χ3n) is 4.83. The van der Waals surface area contributed by atoms with Gasteiger partial charge >= 0.3 is 0 Å². The fraction of sp³-hybridized carbons (Fsp3) is 0.450. The highest BCUT2D eigenvalue weighted by Crippen LogP contribution is 2.28. The van der Waals surface area contributed by atoms with E-state index in [2.05, 4.69) is 16.0 Å². The van der Waals surface area contributed by atoms with Gasteiger partial charge in [-0.25, -0.2) is 8.78 Å². The van der Waals surface area contributed by atoms with E-state index in [0.717, 1.165) is 0 Å². The van der Waals surface area contributed by atoms with E-state index in [1.165, 1.54) is 30.3 Å². The predicted octanol–water partition coefficient (Wildman–Crippen LogP) is 0.398. The van der Waals surface area contributed by atoms with Crippen LogP contribution in [0.15, 0.2) is 24.0 Å². The van der Waals surface area contributed by atoms with Crippen LogP contribution in [0.2, 0.25) is 0 Å². The number of carbonyl (C=O) groups excluding carboxylic acids is 2. The van der Waals surface area contributed by atoms with Gasteiger partial charge in [-0.05, 0) is 24.4 Å². The second-order valence-electron chi connectivity index (χ2n) is 7.42. The smallest absolute Gasteiger partial charge is 0.232 e. The van der Waals surface area contributed by atoms with Crippen molar-refractivity contribution >= 4 is 40.5 Å². The van der Waals surface area contributed by atoms with Crippen molar-refractivity contribution in [3.63, 3.8) is 0 Å². The molecule has 2 rings (SSSR count). The normalized spacial score (nSPS) is 14.1. The van der Waals surface area contributed by atoms with E-state index in [-0.39, 0.29) is 62.3 Å². The third-order valence-corrected chi connectivity index (χ3v) is 5.34. The third kappa shape index (κ3) is 6.94. The van der Waals surface area contributed by atoms with Crippen molar-refractivity contribution in [2.24, 2.45) is 5.73 Å². The van der Waals surface area contributed by atoms with Crippen LogP contribution in [0.3, 0.4) is 0 Å². The molecule has 1 saturated heterocycles. The van der Waals surface area contributed by atoms with Crippen LogP contribution < -0.4 is 26.6 Å². The number of hydrogen-bond donors (Lipinski definition) is 4. The number of piperazine rings is 1. The summed E-state index contributed by atoms with van der Waals surface area (Å²) in [7, 11) is 5.05. The lowest BCUT2D eigenvalue weighted by atomic mass is 10.2. The van der Waals surface area contributed by atoms with Crippen molar-refractivity contribution in [1.29, 1.82) is 0 Å². The van der Waals surface area contributed by atoms with Crippen LogP contribution in [0.5, 0.6) is 0 Å². The minimum atomic E-state index is -0.725. The fourth-order valence-corrected chi connectivity index (χ4v) is 3.10. The molecule has 1 aliphatic heterocycles. The van der Waals surface area contributed by atoms with Gasteiger partial charge in [0, 0.05) is 64.9 Å². The molecule has 1 fully saturated rings. The summed E-state index contributed by atoms with van der Waals surface area (Å²) < 4.78 is 29.4. The highest BCUT2D eigenvalue weighted by Gasteiger charge is 2.26. The van der Waals surface area contributed by atoms with Crippen molar-refractivity contribution in [1.82, 2.24) is 20.4 Å². The zero-order valence-corrected chi connectivity index (χ0v) is 19.2. The van der Waals surface area contributed by atoms with E-state index in [4.69, 9.17) is 18.0 Å². The van der Waals surface area contributed by atoms with E-state index in [1.54, 1.807) is 23.9 Å². The Kier molecular flexibility index (Phi) is 9.00. The summed E-state index contributed by atoms with van der Waals surface area (Å²) >= 11 is 5.10. The van der Waals surface area contributed by atoms with Gasteiger partial charge in [-0.3, -0.25) is 9.59 Å². The molecule has 0 saturated carbocycles. The maximum atomic E-state index is 14.7. The zero-order chi connectivity index (χ0) is 23.8. The lowest BCUT2D eigenvalue weighted by Gasteiger charge is -2.36. The Balaban J connectivity index is 1.97. The first kappa shape index (κ1) is 25.1. The number of hydrogen-bond acceptors (Lipinski definition) is 6. The number of nitrogens with zero attached hydrogens (tertiary/aromatic N) is 3. The van der Waals surface area contributed by atoms with Gasteiger partial charge in [-0.15, -0.1) is 0 Å². The number of nitrogens with one attached hydrogen (secondary N) is 3. The van der Waals surface area contributed by atoms with Crippen LogP contribution >= 0.6 is 12.2 Å². The summed E-state index contributed by atoms with van der Waals surface area (Å²) in [5.41, 5.74) is 6.33. The Bertz CT molecular complexity index is 864. The maximum absolute atomic E-state index is 14.7. The first-order chi connectivity index (χ1) is 15.1. The van der Waals surface area contributed by atoms with Gasteiger partial charge in [0.2, 0.25) is 11.8 Å². The lowest BCUT2D eigenvalue weighted by Crippen LogP contribution is -2.50. The number of nitrogens with two attached hydrogens (primary N) is 1. The molecule has 1 heterocycles. The number of rotatable bonds is 7. The summed E-state index contributed by atoms with van der Waals surface area (Å²) in [6.45, 7) is 1.33. The number of halogens is 2. The standard InChI is InChI=1S/C20H29F2N7O2S/c1-24-17(30)10-18(31)28-4-6-29(7-5-28)19-15(21)8-14(9-16(19)22)25-11-13(23)12-26-20(32)27(2)3/h8-9,11,25H,4-7,10,12,23H2,1-3H3,(H,24,30)(H,26,32)/b13-11-. The van der Waals surface area contributed by atoms with Crippen molar-refractivity contribution in [2.75, 3.05) is 64.1 Å². The molecule has 0 atom stereocenters. The molecule has 0 radical (unpaired) electrons. The molecule has 1 aromatic carbocycles. The van der Waals surface area contributed by atoms with Crippen molar-refractivity contribution in [3.05, 3.63) is 35.7 Å². The maximum Gasteiger partial charge on any atom is 0.232 e. The summed E-state index contributed by atoms with van der Waals surface area (Å²) in [5.74, 6) is -2.13. The monoisotopic (exact) mass is 469 g/mol. The minimum Gasteiger partial charge on any atom is -0.399 e. The summed E-state index contributed by atoms with van der Waals surface area (Å²) in [4.78, 5) is 28.2. The van der Waals surface area contributed by atoms with E-state index < -0.39 is 11.6 Å². The number of amides is 2. The largest absolute Gasteiger partial charge is 0.399 e. The van der Waals surface area contributed by atoms with Crippen molar-refractivity contribution < 1.29 is 18.4 Å². The lowest BCUT2D eigenvalue weighted by molar-refractivity contribution is -0.136.